The highest BCUT2D eigenvalue weighted by Gasteiger charge is 2.26. The van der Waals surface area contributed by atoms with E-state index in [1.54, 1.807) is 4.68 Å². The molecule has 0 spiro atoms. The summed E-state index contributed by atoms with van der Waals surface area (Å²) in [4.78, 5) is 14.4. The maximum atomic E-state index is 12.5. The van der Waals surface area contributed by atoms with Crippen LogP contribution in [0.5, 0.6) is 5.75 Å². The fourth-order valence-electron chi connectivity index (χ4n) is 2.93. The summed E-state index contributed by atoms with van der Waals surface area (Å²) in [7, 11) is 0. The summed E-state index contributed by atoms with van der Waals surface area (Å²) in [5.74, 6) is 1.03. The molecule has 1 aliphatic heterocycles. The van der Waals surface area contributed by atoms with Crippen LogP contribution in [-0.2, 0) is 9.53 Å². The molecule has 140 valence electrons. The minimum atomic E-state index is 0.0519. The van der Waals surface area contributed by atoms with Gasteiger partial charge in [-0.25, -0.2) is 0 Å². The summed E-state index contributed by atoms with van der Waals surface area (Å²) in [6, 6.07) is 7.56. The number of para-hydroxylation sites is 2. The van der Waals surface area contributed by atoms with Crippen molar-refractivity contribution in [2.24, 2.45) is 0 Å². The van der Waals surface area contributed by atoms with E-state index in [9.17, 15) is 4.79 Å². The molecular weight excluding hydrogens is 354 g/mol. The second kappa shape index (κ2) is 8.50. The van der Waals surface area contributed by atoms with Gasteiger partial charge >= 0.3 is 0 Å². The van der Waals surface area contributed by atoms with Crippen molar-refractivity contribution in [2.45, 2.75) is 38.1 Å². The number of amides is 1. The van der Waals surface area contributed by atoms with Crippen LogP contribution >= 0.6 is 11.8 Å². The number of benzene rings is 1. The molecule has 8 nitrogen and oxygen atoms in total. The zero-order valence-electron chi connectivity index (χ0n) is 15.2. The number of hydrogen-bond donors (Lipinski definition) is 0. The fourth-order valence-corrected chi connectivity index (χ4v) is 3.72. The van der Waals surface area contributed by atoms with Crippen LogP contribution < -0.4 is 4.74 Å². The van der Waals surface area contributed by atoms with E-state index < -0.39 is 0 Å². The highest BCUT2D eigenvalue weighted by atomic mass is 32.2. The molecule has 1 aromatic carbocycles. The van der Waals surface area contributed by atoms with E-state index in [4.69, 9.17) is 9.47 Å². The molecule has 0 bridgehead atoms. The van der Waals surface area contributed by atoms with Crippen molar-refractivity contribution in [1.82, 2.24) is 25.1 Å². The van der Waals surface area contributed by atoms with Crippen LogP contribution in [0, 0.1) is 0 Å². The number of tetrazole rings is 1. The molecular formula is C17H23N5O3S. The maximum Gasteiger partial charge on any atom is 0.233 e. The Bertz CT molecular complexity index is 744. The van der Waals surface area contributed by atoms with E-state index in [-0.39, 0.29) is 23.9 Å². The van der Waals surface area contributed by atoms with E-state index in [1.165, 1.54) is 11.8 Å². The van der Waals surface area contributed by atoms with Gasteiger partial charge in [0, 0.05) is 13.1 Å². The third-order valence-corrected chi connectivity index (χ3v) is 4.84. The maximum absolute atomic E-state index is 12.5. The Morgan fingerprint density at radius 3 is 2.77 bits per heavy atom. The summed E-state index contributed by atoms with van der Waals surface area (Å²) in [6.07, 6.45) is 0.104. The quantitative estimate of drug-likeness (QED) is 0.710. The van der Waals surface area contributed by atoms with Crippen LogP contribution in [0.4, 0.5) is 0 Å². The molecule has 26 heavy (non-hydrogen) atoms. The number of morpholine rings is 1. The molecule has 1 saturated heterocycles. The number of carbonyl (C=O) groups is 1. The molecule has 0 unspecified atom stereocenters. The number of thioether (sulfide) groups is 1. The largest absolute Gasteiger partial charge is 0.492 e. The van der Waals surface area contributed by atoms with Gasteiger partial charge in [-0.3, -0.25) is 4.79 Å². The first-order chi connectivity index (χ1) is 12.6. The van der Waals surface area contributed by atoms with Gasteiger partial charge in [-0.15, -0.1) is 5.10 Å². The first-order valence-corrected chi connectivity index (χ1v) is 9.63. The lowest BCUT2D eigenvalue weighted by Gasteiger charge is -2.35. The molecule has 2 atom stereocenters. The van der Waals surface area contributed by atoms with Gasteiger partial charge in [-0.1, -0.05) is 23.9 Å². The van der Waals surface area contributed by atoms with Gasteiger partial charge in [0.25, 0.3) is 0 Å². The van der Waals surface area contributed by atoms with Crippen LogP contribution in [0.15, 0.2) is 29.4 Å². The predicted molar refractivity (Wildman–Crippen MR) is 97.6 cm³/mol. The number of hydrogen-bond acceptors (Lipinski definition) is 7. The molecule has 0 aliphatic carbocycles. The van der Waals surface area contributed by atoms with Crippen LogP contribution in [0.25, 0.3) is 5.69 Å². The summed E-state index contributed by atoms with van der Waals surface area (Å²) >= 11 is 1.32. The Labute approximate surface area is 156 Å². The summed E-state index contributed by atoms with van der Waals surface area (Å²) in [6.45, 7) is 7.66. The van der Waals surface area contributed by atoms with Crippen LogP contribution in [-0.4, -0.2) is 68.7 Å². The van der Waals surface area contributed by atoms with E-state index in [0.29, 0.717) is 30.6 Å². The second-order valence-electron chi connectivity index (χ2n) is 6.12. The topological polar surface area (TPSA) is 82.4 Å². The Morgan fingerprint density at radius 2 is 2.04 bits per heavy atom. The molecule has 0 saturated carbocycles. The number of aromatic nitrogens is 4. The number of carbonyl (C=O) groups excluding carboxylic acids is 1. The summed E-state index contributed by atoms with van der Waals surface area (Å²) in [5.41, 5.74) is 0.753. The Morgan fingerprint density at radius 1 is 1.31 bits per heavy atom. The van der Waals surface area contributed by atoms with Crippen LogP contribution in [0.1, 0.15) is 20.8 Å². The summed E-state index contributed by atoms with van der Waals surface area (Å²) < 4.78 is 12.9. The smallest absolute Gasteiger partial charge is 0.233 e. The molecule has 1 aromatic heterocycles. The van der Waals surface area contributed by atoms with E-state index in [2.05, 4.69) is 15.5 Å². The monoisotopic (exact) mass is 377 g/mol. The van der Waals surface area contributed by atoms with Crippen molar-refractivity contribution in [3.05, 3.63) is 24.3 Å². The Kier molecular flexibility index (Phi) is 6.10. The Balaban J connectivity index is 1.69. The number of rotatable bonds is 6. The summed E-state index contributed by atoms with van der Waals surface area (Å²) in [5, 5.41) is 12.4. The third kappa shape index (κ3) is 4.34. The molecule has 3 rings (SSSR count). The standard InChI is InChI=1S/C17H23N5O3S/c1-4-24-15-8-6-5-7-14(15)22-17(18-19-20-22)26-11-16(23)21-9-12(2)25-13(3)10-21/h5-8,12-13H,4,9-11H2,1-3H3/t12-,13+. The van der Waals surface area contributed by atoms with Crippen LogP contribution in [0.3, 0.4) is 0 Å². The van der Waals surface area contributed by atoms with Crippen molar-refractivity contribution >= 4 is 17.7 Å². The minimum absolute atomic E-state index is 0.0519. The predicted octanol–water partition coefficient (Wildman–Crippen LogP) is 1.79. The van der Waals surface area contributed by atoms with Gasteiger partial charge in [-0.2, -0.15) is 4.68 Å². The first-order valence-electron chi connectivity index (χ1n) is 8.65. The molecule has 1 amide bonds. The average Bonchev–Trinajstić information content (AvgIpc) is 3.08. The lowest BCUT2D eigenvalue weighted by Crippen LogP contribution is -2.48. The highest BCUT2D eigenvalue weighted by molar-refractivity contribution is 7.99. The fraction of sp³-hybridized carbons (Fsp3) is 0.529. The third-order valence-electron chi connectivity index (χ3n) is 3.93. The lowest BCUT2D eigenvalue weighted by molar-refractivity contribution is -0.140. The SMILES string of the molecule is CCOc1ccccc1-n1nnnc1SCC(=O)N1C[C@@H](C)O[C@@H](C)C1. The second-order valence-corrected chi connectivity index (χ2v) is 7.06. The average molecular weight is 377 g/mol. The number of ether oxygens (including phenoxy) is 2. The van der Waals surface area contributed by atoms with Crippen molar-refractivity contribution in [3.8, 4) is 11.4 Å². The van der Waals surface area contributed by atoms with Crippen LogP contribution in [0.2, 0.25) is 0 Å². The zero-order chi connectivity index (χ0) is 18.5. The van der Waals surface area contributed by atoms with Crippen molar-refractivity contribution in [1.29, 1.82) is 0 Å². The molecule has 1 aliphatic rings. The van der Waals surface area contributed by atoms with E-state index in [1.807, 2.05) is 49.9 Å². The lowest BCUT2D eigenvalue weighted by atomic mass is 10.2. The van der Waals surface area contributed by atoms with Gasteiger partial charge in [-0.05, 0) is 43.3 Å². The molecule has 1 fully saturated rings. The Hall–Kier alpha value is -2.13. The molecule has 0 N–H and O–H groups in total. The van der Waals surface area contributed by atoms with Gasteiger partial charge < -0.3 is 14.4 Å². The highest BCUT2D eigenvalue weighted by Crippen LogP contribution is 2.26. The van der Waals surface area contributed by atoms with E-state index >= 15 is 0 Å². The first kappa shape index (κ1) is 18.7. The van der Waals surface area contributed by atoms with Gasteiger partial charge in [0.05, 0.1) is 24.6 Å². The van der Waals surface area contributed by atoms with Gasteiger partial charge in [0.1, 0.15) is 11.4 Å². The van der Waals surface area contributed by atoms with E-state index in [0.717, 1.165) is 5.69 Å². The van der Waals surface area contributed by atoms with Gasteiger partial charge in [0.15, 0.2) is 0 Å². The normalized spacial score (nSPS) is 20.2. The number of nitrogens with zero attached hydrogens (tertiary/aromatic N) is 5. The van der Waals surface area contributed by atoms with Crippen molar-refractivity contribution < 1.29 is 14.3 Å². The van der Waals surface area contributed by atoms with Gasteiger partial charge in [0.2, 0.25) is 11.1 Å². The zero-order valence-corrected chi connectivity index (χ0v) is 16.0. The molecule has 0 radical (unpaired) electrons. The molecule has 2 heterocycles. The molecule has 2 aromatic rings. The molecule has 9 heteroatoms. The van der Waals surface area contributed by atoms with Crippen molar-refractivity contribution in [3.63, 3.8) is 0 Å². The minimum Gasteiger partial charge on any atom is -0.492 e. The van der Waals surface area contributed by atoms with Crippen molar-refractivity contribution in [2.75, 3.05) is 25.4 Å².